The molecular formula is C12H20O3. The lowest BCUT2D eigenvalue weighted by Gasteiger charge is -2.27. The largest absolute Gasteiger partial charge is 0.479 e. The van der Waals surface area contributed by atoms with E-state index in [4.69, 9.17) is 9.84 Å². The molecule has 0 radical (unpaired) electrons. The molecular weight excluding hydrogens is 192 g/mol. The highest BCUT2D eigenvalue weighted by atomic mass is 16.5. The molecule has 1 atom stereocenters. The maximum absolute atomic E-state index is 10.9. The van der Waals surface area contributed by atoms with Gasteiger partial charge in [0.1, 0.15) is 0 Å². The monoisotopic (exact) mass is 212 g/mol. The summed E-state index contributed by atoms with van der Waals surface area (Å²) in [7, 11) is 0. The Morgan fingerprint density at radius 2 is 2.00 bits per heavy atom. The predicted molar refractivity (Wildman–Crippen MR) is 58.8 cm³/mol. The zero-order chi connectivity index (χ0) is 11.3. The van der Waals surface area contributed by atoms with Crippen LogP contribution in [-0.2, 0) is 9.53 Å². The molecule has 1 rings (SSSR count). The number of carbonyl (C=O) groups is 1. The highest BCUT2D eigenvalue weighted by Crippen LogP contribution is 2.21. The van der Waals surface area contributed by atoms with E-state index in [2.05, 4.69) is 12.2 Å². The van der Waals surface area contributed by atoms with Gasteiger partial charge in [-0.25, -0.2) is 4.79 Å². The molecule has 0 saturated heterocycles. The lowest BCUT2D eigenvalue weighted by atomic mass is 10.0. The summed E-state index contributed by atoms with van der Waals surface area (Å²) < 4.78 is 5.64. The number of carboxylic acids is 1. The van der Waals surface area contributed by atoms with E-state index in [1.165, 1.54) is 0 Å². The minimum Gasteiger partial charge on any atom is -0.479 e. The lowest BCUT2D eigenvalue weighted by molar-refractivity contribution is -0.169. The van der Waals surface area contributed by atoms with Crippen molar-refractivity contribution in [3.63, 3.8) is 0 Å². The van der Waals surface area contributed by atoms with Crippen molar-refractivity contribution in [2.75, 3.05) is 0 Å². The number of hydrogen-bond acceptors (Lipinski definition) is 2. The van der Waals surface area contributed by atoms with Gasteiger partial charge >= 0.3 is 5.97 Å². The van der Waals surface area contributed by atoms with E-state index in [-0.39, 0.29) is 6.10 Å². The van der Waals surface area contributed by atoms with Crippen molar-refractivity contribution in [2.24, 2.45) is 0 Å². The molecule has 1 N–H and O–H groups in total. The fourth-order valence-electron chi connectivity index (χ4n) is 1.71. The van der Waals surface area contributed by atoms with Crippen LogP contribution in [0.2, 0.25) is 0 Å². The minimum atomic E-state index is -1.06. The molecule has 0 fully saturated rings. The molecule has 0 aromatic heterocycles. The van der Waals surface area contributed by atoms with Crippen molar-refractivity contribution in [1.82, 2.24) is 0 Å². The summed E-state index contributed by atoms with van der Waals surface area (Å²) in [4.78, 5) is 10.9. The van der Waals surface area contributed by atoms with Crippen LogP contribution in [-0.4, -0.2) is 22.8 Å². The lowest BCUT2D eigenvalue weighted by Crippen LogP contribution is -2.38. The van der Waals surface area contributed by atoms with E-state index >= 15 is 0 Å². The summed E-state index contributed by atoms with van der Waals surface area (Å²) in [6.45, 7) is 3.23. The zero-order valence-corrected chi connectivity index (χ0v) is 9.53. The number of hydrogen-bond donors (Lipinski definition) is 1. The summed E-state index contributed by atoms with van der Waals surface area (Å²) in [5.74, 6) is -0.889. The van der Waals surface area contributed by atoms with Crippen LogP contribution in [0.25, 0.3) is 0 Å². The molecule has 3 nitrogen and oxygen atoms in total. The molecule has 0 heterocycles. The molecule has 1 aliphatic carbocycles. The van der Waals surface area contributed by atoms with Crippen LogP contribution in [0.5, 0.6) is 0 Å². The molecule has 1 aliphatic rings. The minimum absolute atomic E-state index is 0.0843. The van der Waals surface area contributed by atoms with Gasteiger partial charge in [0.05, 0.1) is 6.10 Å². The van der Waals surface area contributed by atoms with E-state index < -0.39 is 11.6 Å². The van der Waals surface area contributed by atoms with Gasteiger partial charge in [-0.3, -0.25) is 0 Å². The van der Waals surface area contributed by atoms with Gasteiger partial charge in [-0.15, -0.1) is 0 Å². The molecule has 0 spiro atoms. The summed E-state index contributed by atoms with van der Waals surface area (Å²) in [5, 5.41) is 8.96. The van der Waals surface area contributed by atoms with Gasteiger partial charge in [-0.2, -0.15) is 0 Å². The van der Waals surface area contributed by atoms with Gasteiger partial charge in [0.2, 0.25) is 0 Å². The first-order valence-electron chi connectivity index (χ1n) is 5.58. The molecule has 0 saturated carbocycles. The molecule has 0 aromatic rings. The van der Waals surface area contributed by atoms with Crippen molar-refractivity contribution in [2.45, 2.75) is 57.7 Å². The second-order valence-corrected chi connectivity index (χ2v) is 4.53. The quantitative estimate of drug-likeness (QED) is 0.732. The van der Waals surface area contributed by atoms with E-state index in [1.54, 1.807) is 13.8 Å². The van der Waals surface area contributed by atoms with Gasteiger partial charge < -0.3 is 9.84 Å². The van der Waals surface area contributed by atoms with Crippen molar-refractivity contribution in [1.29, 1.82) is 0 Å². The second-order valence-electron chi connectivity index (χ2n) is 4.53. The van der Waals surface area contributed by atoms with Crippen LogP contribution >= 0.6 is 0 Å². The van der Waals surface area contributed by atoms with Crippen LogP contribution in [0.15, 0.2) is 12.2 Å². The van der Waals surface area contributed by atoms with Crippen LogP contribution in [0.3, 0.4) is 0 Å². The Bertz CT molecular complexity index is 243. The van der Waals surface area contributed by atoms with Crippen LogP contribution in [0.1, 0.15) is 46.0 Å². The Labute approximate surface area is 91.1 Å². The van der Waals surface area contributed by atoms with Crippen molar-refractivity contribution < 1.29 is 14.6 Å². The number of ether oxygens (including phenoxy) is 1. The van der Waals surface area contributed by atoms with Crippen molar-refractivity contribution >= 4 is 5.97 Å². The average molecular weight is 212 g/mol. The molecule has 15 heavy (non-hydrogen) atoms. The molecule has 0 amide bonds. The van der Waals surface area contributed by atoms with E-state index in [1.807, 2.05) is 0 Å². The number of carboxylic acid groups (broad SMARTS) is 1. The van der Waals surface area contributed by atoms with Crippen LogP contribution in [0, 0.1) is 0 Å². The summed E-state index contributed by atoms with van der Waals surface area (Å²) >= 11 is 0. The number of allylic oxidation sites excluding steroid dienone is 2. The third-order valence-corrected chi connectivity index (χ3v) is 2.70. The maximum atomic E-state index is 10.9. The fraction of sp³-hybridized carbons (Fsp3) is 0.750. The third kappa shape index (κ3) is 4.04. The van der Waals surface area contributed by atoms with E-state index in [0.717, 1.165) is 32.1 Å². The Hall–Kier alpha value is -0.830. The molecule has 3 heteroatoms. The molecule has 86 valence electrons. The van der Waals surface area contributed by atoms with Gasteiger partial charge in [-0.1, -0.05) is 12.2 Å². The normalized spacial score (nSPS) is 25.3. The fourth-order valence-corrected chi connectivity index (χ4v) is 1.71. The summed E-state index contributed by atoms with van der Waals surface area (Å²) in [6.07, 6.45) is 9.46. The molecule has 0 aliphatic heterocycles. The topological polar surface area (TPSA) is 46.5 Å². The van der Waals surface area contributed by atoms with E-state index in [9.17, 15) is 4.79 Å². The predicted octanol–water partition coefficient (Wildman–Crippen LogP) is 2.76. The summed E-state index contributed by atoms with van der Waals surface area (Å²) in [6, 6.07) is 0. The second kappa shape index (κ2) is 5.31. The highest BCUT2D eigenvalue weighted by molar-refractivity contribution is 5.76. The van der Waals surface area contributed by atoms with Gasteiger partial charge in [0, 0.05) is 0 Å². The first-order valence-corrected chi connectivity index (χ1v) is 5.58. The SMILES string of the molecule is CC(C)(OC1CC/C=C/CCC1)C(=O)O. The van der Waals surface area contributed by atoms with E-state index in [0.29, 0.717) is 0 Å². The first-order chi connectivity index (χ1) is 7.02. The van der Waals surface area contributed by atoms with Gasteiger partial charge in [-0.05, 0) is 46.0 Å². The van der Waals surface area contributed by atoms with Gasteiger partial charge in [0.25, 0.3) is 0 Å². The smallest absolute Gasteiger partial charge is 0.335 e. The molecule has 0 bridgehead atoms. The van der Waals surface area contributed by atoms with Crippen LogP contribution in [0.4, 0.5) is 0 Å². The molecule has 0 aromatic carbocycles. The van der Waals surface area contributed by atoms with Gasteiger partial charge in [0.15, 0.2) is 5.60 Å². The Morgan fingerprint density at radius 3 is 2.67 bits per heavy atom. The Morgan fingerprint density at radius 1 is 1.33 bits per heavy atom. The highest BCUT2D eigenvalue weighted by Gasteiger charge is 2.31. The molecule has 1 unspecified atom stereocenters. The zero-order valence-electron chi connectivity index (χ0n) is 9.53. The van der Waals surface area contributed by atoms with Crippen LogP contribution < -0.4 is 0 Å². The standard InChI is InChI=1S/C12H20O3/c1-12(2,11(13)14)15-10-8-6-4-3-5-7-9-10/h3-4,10H,5-9H2,1-2H3,(H,13,14)/b4-3+. The number of rotatable bonds is 3. The maximum Gasteiger partial charge on any atom is 0.335 e. The summed E-state index contributed by atoms with van der Waals surface area (Å²) in [5.41, 5.74) is -1.06. The first kappa shape index (κ1) is 12.2. The van der Waals surface area contributed by atoms with Crippen molar-refractivity contribution in [3.05, 3.63) is 12.2 Å². The number of aliphatic carboxylic acids is 1. The average Bonchev–Trinajstić information content (AvgIpc) is 2.09. The third-order valence-electron chi connectivity index (χ3n) is 2.70. The Kier molecular flexibility index (Phi) is 4.33. The Balaban J connectivity index is 2.49. The van der Waals surface area contributed by atoms with Crippen molar-refractivity contribution in [3.8, 4) is 0 Å².